The van der Waals surface area contributed by atoms with Crippen molar-refractivity contribution in [3.8, 4) is 0 Å². The molecular formula is C15H29N3O3S. The Hall–Kier alpha value is -0.660. The molecular weight excluding hydrogens is 302 g/mol. The van der Waals surface area contributed by atoms with Crippen molar-refractivity contribution >= 4 is 15.9 Å². The van der Waals surface area contributed by atoms with E-state index in [-0.39, 0.29) is 18.0 Å². The third-order valence-corrected chi connectivity index (χ3v) is 5.65. The van der Waals surface area contributed by atoms with Crippen molar-refractivity contribution in [1.82, 2.24) is 14.5 Å². The van der Waals surface area contributed by atoms with Crippen LogP contribution in [0, 0.1) is 0 Å². The van der Waals surface area contributed by atoms with Gasteiger partial charge in [-0.25, -0.2) is 13.1 Å². The summed E-state index contributed by atoms with van der Waals surface area (Å²) >= 11 is 0. The molecule has 0 radical (unpaired) electrons. The lowest BCUT2D eigenvalue weighted by molar-refractivity contribution is -0.139. The van der Waals surface area contributed by atoms with E-state index < -0.39 is 10.0 Å². The summed E-state index contributed by atoms with van der Waals surface area (Å²) in [4.78, 5) is 16.9. The summed E-state index contributed by atoms with van der Waals surface area (Å²) in [6, 6.07) is 0.128. The molecule has 0 aromatic heterocycles. The number of amides is 1. The van der Waals surface area contributed by atoms with Gasteiger partial charge in [0.2, 0.25) is 15.9 Å². The van der Waals surface area contributed by atoms with Gasteiger partial charge in [-0.1, -0.05) is 6.92 Å². The number of likely N-dealkylation sites (tertiary alicyclic amines) is 2. The van der Waals surface area contributed by atoms with Gasteiger partial charge in [-0.2, -0.15) is 0 Å². The minimum absolute atomic E-state index is 0.0754. The minimum Gasteiger partial charge on any atom is -0.338 e. The van der Waals surface area contributed by atoms with E-state index in [1.54, 1.807) is 0 Å². The van der Waals surface area contributed by atoms with E-state index in [9.17, 15) is 13.2 Å². The first kappa shape index (κ1) is 17.7. The first-order valence-electron chi connectivity index (χ1n) is 8.33. The van der Waals surface area contributed by atoms with E-state index in [2.05, 4.69) is 16.5 Å². The number of nitrogens with one attached hydrogen (secondary N) is 1. The van der Waals surface area contributed by atoms with Crippen LogP contribution in [0.2, 0.25) is 0 Å². The third kappa shape index (κ3) is 4.43. The zero-order chi connectivity index (χ0) is 16.3. The Bertz CT molecular complexity index is 494. The standard InChI is InChI=1S/C15H29N3O3S/c1-4-14-7-5-6-9-18(14)15(19)12(2)17-10-8-13(11-17)16-22(3,20)21/h12-14,16H,4-11H2,1-3H3. The number of carbonyl (C=O) groups excluding carboxylic acids is 1. The summed E-state index contributed by atoms with van der Waals surface area (Å²) in [6.45, 7) is 6.34. The van der Waals surface area contributed by atoms with Crippen molar-refractivity contribution < 1.29 is 13.2 Å². The smallest absolute Gasteiger partial charge is 0.239 e. The number of hydrogen-bond donors (Lipinski definition) is 1. The zero-order valence-corrected chi connectivity index (χ0v) is 14.7. The molecule has 0 spiro atoms. The van der Waals surface area contributed by atoms with Crippen LogP contribution in [-0.2, 0) is 14.8 Å². The van der Waals surface area contributed by atoms with Crippen molar-refractivity contribution in [3.05, 3.63) is 0 Å². The van der Waals surface area contributed by atoms with E-state index in [0.29, 0.717) is 12.6 Å². The lowest BCUT2D eigenvalue weighted by atomic mass is 9.99. The number of piperidine rings is 1. The van der Waals surface area contributed by atoms with Gasteiger partial charge in [-0.15, -0.1) is 0 Å². The molecule has 0 aromatic rings. The number of rotatable bonds is 5. The second kappa shape index (κ2) is 7.27. The van der Waals surface area contributed by atoms with Gasteiger partial charge >= 0.3 is 0 Å². The van der Waals surface area contributed by atoms with Crippen LogP contribution >= 0.6 is 0 Å². The Kier molecular flexibility index (Phi) is 5.85. The highest BCUT2D eigenvalue weighted by Gasteiger charge is 2.35. The van der Waals surface area contributed by atoms with E-state index in [0.717, 1.165) is 38.8 Å². The van der Waals surface area contributed by atoms with Crippen LogP contribution in [0.25, 0.3) is 0 Å². The van der Waals surface area contributed by atoms with Gasteiger partial charge in [0.25, 0.3) is 0 Å². The molecule has 22 heavy (non-hydrogen) atoms. The van der Waals surface area contributed by atoms with Crippen molar-refractivity contribution in [1.29, 1.82) is 0 Å². The normalized spacial score (nSPS) is 28.8. The summed E-state index contributed by atoms with van der Waals surface area (Å²) in [5.74, 6) is 0.201. The van der Waals surface area contributed by atoms with Gasteiger partial charge in [0, 0.05) is 31.7 Å². The average Bonchev–Trinajstić information content (AvgIpc) is 2.92. The second-order valence-electron chi connectivity index (χ2n) is 6.64. The monoisotopic (exact) mass is 331 g/mol. The molecule has 3 unspecified atom stereocenters. The highest BCUT2D eigenvalue weighted by Crippen LogP contribution is 2.22. The Labute approximate surface area is 134 Å². The molecule has 7 heteroatoms. The van der Waals surface area contributed by atoms with E-state index in [1.165, 1.54) is 12.7 Å². The Morgan fingerprint density at radius 1 is 1.27 bits per heavy atom. The fourth-order valence-electron chi connectivity index (χ4n) is 3.65. The van der Waals surface area contributed by atoms with Crippen LogP contribution in [0.1, 0.15) is 46.0 Å². The first-order valence-corrected chi connectivity index (χ1v) is 10.2. The summed E-state index contributed by atoms with van der Waals surface area (Å²) in [6.07, 6.45) is 6.36. The molecule has 0 bridgehead atoms. The van der Waals surface area contributed by atoms with Gasteiger partial charge in [0.1, 0.15) is 0 Å². The molecule has 2 fully saturated rings. The maximum atomic E-state index is 12.8. The largest absolute Gasteiger partial charge is 0.338 e. The molecule has 6 nitrogen and oxygen atoms in total. The summed E-state index contributed by atoms with van der Waals surface area (Å²) in [5, 5.41) is 0. The first-order chi connectivity index (χ1) is 10.3. The fraction of sp³-hybridized carbons (Fsp3) is 0.933. The minimum atomic E-state index is -3.18. The van der Waals surface area contributed by atoms with Gasteiger partial charge in [0.15, 0.2) is 0 Å². The van der Waals surface area contributed by atoms with Crippen LogP contribution in [0.4, 0.5) is 0 Å². The molecule has 0 aromatic carbocycles. The van der Waals surface area contributed by atoms with Gasteiger partial charge in [-0.3, -0.25) is 9.69 Å². The Morgan fingerprint density at radius 3 is 2.64 bits per heavy atom. The number of sulfonamides is 1. The van der Waals surface area contributed by atoms with E-state index in [4.69, 9.17) is 0 Å². The van der Waals surface area contributed by atoms with Crippen molar-refractivity contribution in [3.63, 3.8) is 0 Å². The van der Waals surface area contributed by atoms with E-state index in [1.807, 2.05) is 11.8 Å². The lowest BCUT2D eigenvalue weighted by Crippen LogP contribution is -2.52. The highest BCUT2D eigenvalue weighted by atomic mass is 32.2. The second-order valence-corrected chi connectivity index (χ2v) is 8.42. The topological polar surface area (TPSA) is 69.7 Å². The van der Waals surface area contributed by atoms with Crippen LogP contribution < -0.4 is 4.72 Å². The predicted molar refractivity (Wildman–Crippen MR) is 87.1 cm³/mol. The number of carbonyl (C=O) groups is 1. The molecule has 2 heterocycles. The zero-order valence-electron chi connectivity index (χ0n) is 13.9. The van der Waals surface area contributed by atoms with E-state index >= 15 is 0 Å². The molecule has 2 saturated heterocycles. The number of nitrogens with zero attached hydrogens (tertiary/aromatic N) is 2. The van der Waals surface area contributed by atoms with Gasteiger partial charge < -0.3 is 4.90 Å². The molecule has 0 saturated carbocycles. The molecule has 1 amide bonds. The highest BCUT2D eigenvalue weighted by molar-refractivity contribution is 7.88. The number of hydrogen-bond acceptors (Lipinski definition) is 4. The molecule has 3 atom stereocenters. The lowest BCUT2D eigenvalue weighted by Gasteiger charge is -2.38. The van der Waals surface area contributed by atoms with Crippen LogP contribution in [-0.4, -0.2) is 68.1 Å². The molecule has 2 rings (SSSR count). The van der Waals surface area contributed by atoms with Crippen molar-refractivity contribution in [2.24, 2.45) is 0 Å². The van der Waals surface area contributed by atoms with Gasteiger partial charge in [-0.05, 0) is 39.0 Å². The van der Waals surface area contributed by atoms with Gasteiger partial charge in [0.05, 0.1) is 12.3 Å². The Morgan fingerprint density at radius 2 is 2.00 bits per heavy atom. The molecule has 2 aliphatic heterocycles. The van der Waals surface area contributed by atoms with Crippen LogP contribution in [0.3, 0.4) is 0 Å². The molecule has 0 aliphatic carbocycles. The predicted octanol–water partition coefficient (Wildman–Crippen LogP) is 0.790. The fourth-order valence-corrected chi connectivity index (χ4v) is 4.45. The average molecular weight is 331 g/mol. The Balaban J connectivity index is 1.93. The van der Waals surface area contributed by atoms with Crippen molar-refractivity contribution in [2.45, 2.75) is 64.1 Å². The summed E-state index contributed by atoms with van der Waals surface area (Å²) < 4.78 is 25.3. The summed E-state index contributed by atoms with van der Waals surface area (Å²) in [5.41, 5.74) is 0. The molecule has 128 valence electrons. The maximum Gasteiger partial charge on any atom is 0.239 e. The molecule has 1 N–H and O–H groups in total. The van der Waals surface area contributed by atoms with Crippen molar-refractivity contribution in [2.75, 3.05) is 25.9 Å². The van der Waals surface area contributed by atoms with Crippen LogP contribution in [0.15, 0.2) is 0 Å². The summed E-state index contributed by atoms with van der Waals surface area (Å²) in [7, 11) is -3.18. The quantitative estimate of drug-likeness (QED) is 0.809. The van der Waals surface area contributed by atoms with Crippen LogP contribution in [0.5, 0.6) is 0 Å². The molecule has 2 aliphatic rings. The third-order valence-electron chi connectivity index (χ3n) is 4.89. The maximum absolute atomic E-state index is 12.8. The SMILES string of the molecule is CCC1CCCCN1C(=O)C(C)N1CCC(NS(C)(=O)=O)C1.